The van der Waals surface area contributed by atoms with Crippen LogP contribution in [0.3, 0.4) is 0 Å². The van der Waals surface area contributed by atoms with E-state index >= 15 is 0 Å². The molecule has 11 heavy (non-hydrogen) atoms. The highest BCUT2D eigenvalue weighted by molar-refractivity contribution is 5.79. The summed E-state index contributed by atoms with van der Waals surface area (Å²) < 4.78 is 0. The van der Waals surface area contributed by atoms with Gasteiger partial charge in [0.2, 0.25) is 0 Å². The molecule has 2 saturated heterocycles. The maximum Gasteiger partial charge on any atom is 0.134 e. The van der Waals surface area contributed by atoms with E-state index in [9.17, 15) is 4.79 Å². The minimum absolute atomic E-state index is 0.488. The van der Waals surface area contributed by atoms with E-state index in [2.05, 4.69) is 11.9 Å². The topological polar surface area (TPSA) is 20.3 Å². The lowest BCUT2D eigenvalue weighted by Gasteiger charge is -2.32. The Kier molecular flexibility index (Phi) is 1.72. The summed E-state index contributed by atoms with van der Waals surface area (Å²) in [7, 11) is 2.15. The van der Waals surface area contributed by atoms with Crippen molar-refractivity contribution in [3.63, 3.8) is 0 Å². The zero-order chi connectivity index (χ0) is 7.84. The molecule has 0 aromatic heterocycles. The van der Waals surface area contributed by atoms with Gasteiger partial charge in [-0.1, -0.05) is 0 Å². The monoisotopic (exact) mass is 153 g/mol. The van der Waals surface area contributed by atoms with Crippen LogP contribution in [-0.2, 0) is 4.79 Å². The number of nitrogens with zero attached hydrogens (tertiary/aromatic N) is 1. The molecular weight excluding hydrogens is 138 g/mol. The van der Waals surface area contributed by atoms with Crippen molar-refractivity contribution in [2.45, 2.75) is 31.7 Å². The van der Waals surface area contributed by atoms with Crippen molar-refractivity contribution >= 4 is 5.78 Å². The van der Waals surface area contributed by atoms with E-state index in [0.29, 0.717) is 17.7 Å². The molecule has 2 atom stereocenters. The zero-order valence-corrected chi connectivity index (χ0v) is 7.05. The molecular formula is C9H15NO. The van der Waals surface area contributed by atoms with E-state index in [0.717, 1.165) is 19.4 Å². The van der Waals surface area contributed by atoms with Crippen molar-refractivity contribution < 1.29 is 4.79 Å². The van der Waals surface area contributed by atoms with Crippen molar-refractivity contribution in [1.82, 2.24) is 4.90 Å². The van der Waals surface area contributed by atoms with Crippen LogP contribution in [0.2, 0.25) is 0 Å². The fourth-order valence-corrected chi connectivity index (χ4v) is 2.39. The average Bonchev–Trinajstić information content (AvgIpc) is 2.16. The van der Waals surface area contributed by atoms with Gasteiger partial charge in [0.15, 0.2) is 0 Å². The maximum absolute atomic E-state index is 11.3. The fraction of sp³-hybridized carbons (Fsp3) is 0.889. The first-order chi connectivity index (χ1) is 5.25. The Morgan fingerprint density at radius 1 is 1.36 bits per heavy atom. The minimum Gasteiger partial charge on any atom is -0.303 e. The lowest BCUT2D eigenvalue weighted by Crippen LogP contribution is -2.37. The largest absolute Gasteiger partial charge is 0.303 e. The summed E-state index contributed by atoms with van der Waals surface area (Å²) in [6.45, 7) is 1.15. The van der Waals surface area contributed by atoms with Crippen molar-refractivity contribution in [2.24, 2.45) is 5.92 Å². The third-order valence-corrected chi connectivity index (χ3v) is 3.06. The molecule has 0 aromatic rings. The third-order valence-electron chi connectivity index (χ3n) is 3.06. The van der Waals surface area contributed by atoms with Gasteiger partial charge in [-0.2, -0.15) is 0 Å². The molecule has 0 spiro atoms. The highest BCUT2D eigenvalue weighted by atomic mass is 16.1. The van der Waals surface area contributed by atoms with Gasteiger partial charge in [-0.15, -0.1) is 0 Å². The van der Waals surface area contributed by atoms with Crippen LogP contribution in [0.1, 0.15) is 25.7 Å². The minimum atomic E-state index is 0.488. The number of piperidine rings is 1. The molecule has 2 aliphatic heterocycles. The SMILES string of the molecule is CN1CC2CCC1CC(=O)C2. The van der Waals surface area contributed by atoms with E-state index in [1.165, 1.54) is 12.8 Å². The van der Waals surface area contributed by atoms with Crippen LogP contribution >= 0.6 is 0 Å². The molecule has 2 nitrogen and oxygen atoms in total. The summed E-state index contributed by atoms with van der Waals surface area (Å²) in [4.78, 5) is 13.6. The maximum atomic E-state index is 11.3. The standard InChI is InChI=1S/C9H15NO/c1-10-6-7-2-3-8(10)5-9(11)4-7/h7-8H,2-6H2,1H3. The van der Waals surface area contributed by atoms with Crippen LogP contribution in [0.4, 0.5) is 0 Å². The predicted molar refractivity (Wildman–Crippen MR) is 43.4 cm³/mol. The molecule has 0 N–H and O–H groups in total. The summed E-state index contributed by atoms with van der Waals surface area (Å²) in [5, 5.41) is 0. The molecule has 3 aliphatic rings. The van der Waals surface area contributed by atoms with Gasteiger partial charge in [-0.3, -0.25) is 4.79 Å². The third kappa shape index (κ3) is 1.32. The number of hydrogen-bond acceptors (Lipinski definition) is 2. The van der Waals surface area contributed by atoms with Gasteiger partial charge in [-0.05, 0) is 25.8 Å². The van der Waals surface area contributed by atoms with E-state index in [1.54, 1.807) is 0 Å². The fourth-order valence-electron chi connectivity index (χ4n) is 2.39. The first kappa shape index (κ1) is 7.29. The Morgan fingerprint density at radius 3 is 2.91 bits per heavy atom. The molecule has 3 rings (SSSR count). The molecule has 62 valence electrons. The predicted octanol–water partition coefficient (Wildman–Crippen LogP) is 1.06. The summed E-state index contributed by atoms with van der Waals surface area (Å²) in [6, 6.07) is 0.571. The quantitative estimate of drug-likeness (QED) is 0.518. The van der Waals surface area contributed by atoms with Gasteiger partial charge in [0, 0.05) is 25.4 Å². The Labute approximate surface area is 67.6 Å². The molecule has 2 unspecified atom stereocenters. The first-order valence-corrected chi connectivity index (χ1v) is 4.47. The van der Waals surface area contributed by atoms with Gasteiger partial charge < -0.3 is 4.90 Å². The van der Waals surface area contributed by atoms with Gasteiger partial charge in [-0.25, -0.2) is 0 Å². The van der Waals surface area contributed by atoms with Crippen LogP contribution < -0.4 is 0 Å². The van der Waals surface area contributed by atoms with Crippen molar-refractivity contribution in [1.29, 1.82) is 0 Å². The average molecular weight is 153 g/mol. The van der Waals surface area contributed by atoms with Gasteiger partial charge in [0.05, 0.1) is 0 Å². The van der Waals surface area contributed by atoms with Crippen molar-refractivity contribution in [2.75, 3.05) is 13.6 Å². The number of hydrogen-bond donors (Lipinski definition) is 0. The second kappa shape index (κ2) is 2.59. The molecule has 1 saturated carbocycles. The molecule has 2 heteroatoms. The van der Waals surface area contributed by atoms with Crippen LogP contribution in [-0.4, -0.2) is 30.3 Å². The zero-order valence-electron chi connectivity index (χ0n) is 7.05. The Hall–Kier alpha value is -0.370. The van der Waals surface area contributed by atoms with E-state index in [4.69, 9.17) is 0 Å². The molecule has 0 aromatic carbocycles. The van der Waals surface area contributed by atoms with E-state index in [1.807, 2.05) is 0 Å². The molecule has 0 radical (unpaired) electrons. The molecule has 3 fully saturated rings. The second-order valence-corrected chi connectivity index (χ2v) is 3.98. The van der Waals surface area contributed by atoms with Gasteiger partial charge >= 0.3 is 0 Å². The lowest BCUT2D eigenvalue weighted by molar-refractivity contribution is -0.119. The molecule has 2 heterocycles. The molecule has 2 bridgehead atoms. The molecule has 1 aliphatic carbocycles. The van der Waals surface area contributed by atoms with Crippen LogP contribution in [0.15, 0.2) is 0 Å². The van der Waals surface area contributed by atoms with Crippen LogP contribution in [0.25, 0.3) is 0 Å². The van der Waals surface area contributed by atoms with Gasteiger partial charge in [0.1, 0.15) is 5.78 Å². The Bertz CT molecular complexity index is 178. The number of ketones is 1. The highest BCUT2D eigenvalue weighted by Gasteiger charge is 2.32. The first-order valence-electron chi connectivity index (χ1n) is 4.47. The number of fused-ring (bicyclic) bond motifs is 4. The van der Waals surface area contributed by atoms with Crippen molar-refractivity contribution in [3.8, 4) is 0 Å². The van der Waals surface area contributed by atoms with Crippen LogP contribution in [0, 0.1) is 5.92 Å². The summed E-state index contributed by atoms with van der Waals surface area (Å²) >= 11 is 0. The second-order valence-electron chi connectivity index (χ2n) is 3.98. The number of rotatable bonds is 0. The van der Waals surface area contributed by atoms with E-state index < -0.39 is 0 Å². The smallest absolute Gasteiger partial charge is 0.134 e. The molecule has 0 amide bonds. The van der Waals surface area contributed by atoms with Gasteiger partial charge in [0.25, 0.3) is 0 Å². The number of carbonyl (C=O) groups excluding carboxylic acids is 1. The van der Waals surface area contributed by atoms with Crippen molar-refractivity contribution in [3.05, 3.63) is 0 Å². The lowest BCUT2D eigenvalue weighted by atomic mass is 9.95. The highest BCUT2D eigenvalue weighted by Crippen LogP contribution is 2.30. The number of Topliss-reactive ketones (excluding diaryl/α,β-unsaturated/α-hetero) is 1. The van der Waals surface area contributed by atoms with E-state index in [-0.39, 0.29) is 0 Å². The summed E-state index contributed by atoms with van der Waals surface area (Å²) in [5.74, 6) is 1.16. The summed E-state index contributed by atoms with van der Waals surface area (Å²) in [5.41, 5.74) is 0. The number of carbonyl (C=O) groups is 1. The van der Waals surface area contributed by atoms with Crippen LogP contribution in [0.5, 0.6) is 0 Å². The normalized spacial score (nSPS) is 39.2. The Balaban J connectivity index is 2.16. The summed E-state index contributed by atoms with van der Waals surface area (Å²) in [6.07, 6.45) is 4.18. The Morgan fingerprint density at radius 2 is 2.18 bits per heavy atom.